The lowest BCUT2D eigenvalue weighted by Crippen LogP contribution is -2.23. The molecule has 28 heavy (non-hydrogen) atoms. The number of pyridine rings is 1. The van der Waals surface area contributed by atoms with Gasteiger partial charge in [0.15, 0.2) is 0 Å². The quantitative estimate of drug-likeness (QED) is 0.518. The third kappa shape index (κ3) is 3.88. The van der Waals surface area contributed by atoms with Gasteiger partial charge in [0, 0.05) is 5.69 Å². The molecule has 0 aliphatic rings. The van der Waals surface area contributed by atoms with Crippen LogP contribution in [0.15, 0.2) is 59.4 Å². The number of halogens is 1. The fourth-order valence-corrected chi connectivity index (χ4v) is 2.54. The summed E-state index contributed by atoms with van der Waals surface area (Å²) >= 11 is 0. The van der Waals surface area contributed by atoms with Crippen LogP contribution in [0.5, 0.6) is 5.75 Å². The Morgan fingerprint density at radius 1 is 1.14 bits per heavy atom. The molecule has 1 amide bonds. The highest BCUT2D eigenvalue weighted by atomic mass is 19.1. The first-order valence-corrected chi connectivity index (χ1v) is 8.02. The zero-order valence-electron chi connectivity index (χ0n) is 14.6. The fraction of sp³-hybridized carbons (Fsp3) is 0.0526. The fourth-order valence-electron chi connectivity index (χ4n) is 2.54. The molecule has 0 unspecified atom stereocenters. The highest BCUT2D eigenvalue weighted by Gasteiger charge is 2.19. The lowest BCUT2D eigenvalue weighted by molar-refractivity contribution is -0.384. The first-order valence-electron chi connectivity index (χ1n) is 8.02. The minimum atomic E-state index is -0.805. The van der Waals surface area contributed by atoms with Gasteiger partial charge in [-0.25, -0.2) is 4.39 Å². The molecule has 0 atom stereocenters. The third-order valence-electron chi connectivity index (χ3n) is 3.96. The summed E-state index contributed by atoms with van der Waals surface area (Å²) in [5.74, 6) is -0.963. The number of nitrogens with one attached hydrogen (secondary N) is 2. The lowest BCUT2D eigenvalue weighted by Gasteiger charge is -2.08. The minimum absolute atomic E-state index is 0.0715. The van der Waals surface area contributed by atoms with Crippen molar-refractivity contribution < 1.29 is 18.8 Å². The van der Waals surface area contributed by atoms with E-state index in [0.29, 0.717) is 11.3 Å². The van der Waals surface area contributed by atoms with Crippen molar-refractivity contribution in [3.05, 3.63) is 86.4 Å². The highest BCUT2D eigenvalue weighted by Crippen LogP contribution is 2.29. The number of H-pyrrole nitrogens is 1. The number of hydrogen-bond acceptors (Lipinski definition) is 5. The van der Waals surface area contributed by atoms with Gasteiger partial charge < -0.3 is 15.0 Å². The van der Waals surface area contributed by atoms with Gasteiger partial charge >= 0.3 is 0 Å². The highest BCUT2D eigenvalue weighted by molar-refractivity contribution is 6.05. The maximum absolute atomic E-state index is 13.0. The number of nitro groups is 1. The Hall–Kier alpha value is -4.01. The molecular weight excluding hydrogens is 369 g/mol. The molecule has 0 spiro atoms. The molecule has 0 radical (unpaired) electrons. The summed E-state index contributed by atoms with van der Waals surface area (Å²) in [5.41, 5.74) is -0.385. The lowest BCUT2D eigenvalue weighted by atomic mass is 10.1. The molecule has 1 heterocycles. The average Bonchev–Trinajstić information content (AvgIpc) is 2.68. The molecule has 0 fully saturated rings. The molecule has 9 heteroatoms. The van der Waals surface area contributed by atoms with Crippen LogP contribution in [0.25, 0.3) is 11.3 Å². The van der Waals surface area contributed by atoms with Crippen molar-refractivity contribution in [1.82, 2.24) is 4.98 Å². The number of nitrogens with zero attached hydrogens (tertiary/aromatic N) is 1. The van der Waals surface area contributed by atoms with E-state index in [1.54, 1.807) is 0 Å². The van der Waals surface area contributed by atoms with Crippen LogP contribution in [0.3, 0.4) is 0 Å². The Balaban J connectivity index is 1.88. The predicted octanol–water partition coefficient (Wildman–Crippen LogP) is 3.35. The van der Waals surface area contributed by atoms with Crippen LogP contribution in [-0.2, 0) is 0 Å². The van der Waals surface area contributed by atoms with E-state index in [0.717, 1.165) is 6.07 Å². The standard InChI is InChI=1S/C19H14FN3O5/c1-28-13-6-8-16(17(10-13)23(26)27)22-19(25)14-7-9-15(21-18(14)24)11-2-4-12(20)5-3-11/h2-10H,1H3,(H,21,24)(H,22,25). The summed E-state index contributed by atoms with van der Waals surface area (Å²) in [7, 11) is 1.36. The van der Waals surface area contributed by atoms with Gasteiger partial charge in [0.1, 0.15) is 22.8 Å². The van der Waals surface area contributed by atoms with Crippen LogP contribution in [0.4, 0.5) is 15.8 Å². The number of hydrogen-bond donors (Lipinski definition) is 2. The van der Waals surface area contributed by atoms with Crippen molar-refractivity contribution in [3.63, 3.8) is 0 Å². The van der Waals surface area contributed by atoms with Crippen LogP contribution in [-0.4, -0.2) is 22.9 Å². The van der Waals surface area contributed by atoms with Crippen LogP contribution < -0.4 is 15.6 Å². The monoisotopic (exact) mass is 383 g/mol. The topological polar surface area (TPSA) is 114 Å². The number of ether oxygens (including phenoxy) is 1. The second kappa shape index (κ2) is 7.70. The maximum Gasteiger partial charge on any atom is 0.296 e. The Morgan fingerprint density at radius 2 is 1.86 bits per heavy atom. The van der Waals surface area contributed by atoms with E-state index >= 15 is 0 Å². The van der Waals surface area contributed by atoms with Crippen LogP contribution >= 0.6 is 0 Å². The smallest absolute Gasteiger partial charge is 0.296 e. The van der Waals surface area contributed by atoms with E-state index < -0.39 is 22.2 Å². The Bertz CT molecular complexity index is 1110. The van der Waals surface area contributed by atoms with Crippen molar-refractivity contribution >= 4 is 17.3 Å². The molecule has 3 rings (SSSR count). The zero-order chi connectivity index (χ0) is 20.3. The van der Waals surface area contributed by atoms with Crippen LogP contribution in [0.2, 0.25) is 0 Å². The van der Waals surface area contributed by atoms with Gasteiger partial charge in [0.2, 0.25) is 0 Å². The van der Waals surface area contributed by atoms with Crippen molar-refractivity contribution in [2.45, 2.75) is 0 Å². The van der Waals surface area contributed by atoms with E-state index in [1.165, 1.54) is 55.6 Å². The number of anilines is 1. The van der Waals surface area contributed by atoms with E-state index in [1.807, 2.05) is 0 Å². The number of aromatic nitrogens is 1. The number of nitro benzene ring substituents is 1. The SMILES string of the molecule is COc1ccc(NC(=O)c2ccc(-c3ccc(F)cc3)[nH]c2=O)c([N+](=O)[O-])c1. The number of rotatable bonds is 5. The van der Waals surface area contributed by atoms with Crippen molar-refractivity contribution in [1.29, 1.82) is 0 Å². The van der Waals surface area contributed by atoms with E-state index in [9.17, 15) is 24.1 Å². The van der Waals surface area contributed by atoms with Crippen molar-refractivity contribution in [3.8, 4) is 17.0 Å². The molecule has 3 aromatic rings. The maximum atomic E-state index is 13.0. The molecule has 8 nitrogen and oxygen atoms in total. The molecule has 0 aliphatic carbocycles. The zero-order valence-corrected chi connectivity index (χ0v) is 14.6. The number of methoxy groups -OCH3 is 1. The van der Waals surface area contributed by atoms with Gasteiger partial charge in [0.05, 0.1) is 18.1 Å². The van der Waals surface area contributed by atoms with E-state index in [4.69, 9.17) is 4.74 Å². The molecule has 0 bridgehead atoms. The van der Waals surface area contributed by atoms with Gasteiger partial charge in [-0.05, 0) is 54.1 Å². The molecule has 2 aromatic carbocycles. The number of benzene rings is 2. The number of amides is 1. The summed E-state index contributed by atoms with van der Waals surface area (Å²) in [4.78, 5) is 37.8. The molecule has 2 N–H and O–H groups in total. The largest absolute Gasteiger partial charge is 0.496 e. The molecular formula is C19H14FN3O5. The number of aromatic amines is 1. The molecule has 0 saturated heterocycles. The van der Waals surface area contributed by atoms with Gasteiger partial charge in [-0.3, -0.25) is 19.7 Å². The molecule has 0 saturated carbocycles. The summed E-state index contributed by atoms with van der Waals surface area (Å²) in [6, 6.07) is 12.2. The first kappa shape index (κ1) is 18.8. The minimum Gasteiger partial charge on any atom is -0.496 e. The van der Waals surface area contributed by atoms with Crippen molar-refractivity contribution in [2.24, 2.45) is 0 Å². The average molecular weight is 383 g/mol. The second-order valence-electron chi connectivity index (χ2n) is 5.72. The van der Waals surface area contributed by atoms with Crippen LogP contribution in [0.1, 0.15) is 10.4 Å². The summed E-state index contributed by atoms with van der Waals surface area (Å²) in [6.45, 7) is 0. The summed E-state index contributed by atoms with van der Waals surface area (Å²) in [6.07, 6.45) is 0. The van der Waals surface area contributed by atoms with E-state index in [2.05, 4.69) is 10.3 Å². The number of carbonyl (C=O) groups excluding carboxylic acids is 1. The van der Waals surface area contributed by atoms with Gasteiger partial charge in [-0.2, -0.15) is 0 Å². The first-order chi connectivity index (χ1) is 13.4. The normalized spacial score (nSPS) is 10.4. The predicted molar refractivity (Wildman–Crippen MR) is 100 cm³/mol. The summed E-state index contributed by atoms with van der Waals surface area (Å²) < 4.78 is 18.0. The van der Waals surface area contributed by atoms with Gasteiger partial charge in [0.25, 0.3) is 17.2 Å². The second-order valence-corrected chi connectivity index (χ2v) is 5.72. The van der Waals surface area contributed by atoms with Gasteiger partial charge in [-0.15, -0.1) is 0 Å². The Morgan fingerprint density at radius 3 is 2.46 bits per heavy atom. The summed E-state index contributed by atoms with van der Waals surface area (Å²) in [5, 5.41) is 13.6. The van der Waals surface area contributed by atoms with E-state index in [-0.39, 0.29) is 22.7 Å². The van der Waals surface area contributed by atoms with Crippen molar-refractivity contribution in [2.75, 3.05) is 12.4 Å². The third-order valence-corrected chi connectivity index (χ3v) is 3.96. The van der Waals surface area contributed by atoms with Gasteiger partial charge in [-0.1, -0.05) is 0 Å². The van der Waals surface area contributed by atoms with Crippen LogP contribution in [0, 0.1) is 15.9 Å². The Kier molecular flexibility index (Phi) is 5.16. The molecule has 0 aliphatic heterocycles. The number of carbonyl (C=O) groups is 1. The molecule has 1 aromatic heterocycles. The molecule has 142 valence electrons. The Labute approximate surface area is 157 Å².